The summed E-state index contributed by atoms with van der Waals surface area (Å²) in [5.74, 6) is 1.15. The molecule has 2 rings (SSSR count). The number of hydrogen-bond donors (Lipinski definition) is 2. The fraction of sp³-hybridized carbons (Fsp3) is 0.875. The number of aliphatic imine (C=N–C) groups is 1. The molecule has 1 aliphatic heterocycles. The first kappa shape index (κ1) is 21.4. The second-order valence-corrected chi connectivity index (χ2v) is 6.56. The minimum Gasteiger partial charge on any atom is -0.383 e. The molecule has 1 saturated carbocycles. The van der Waals surface area contributed by atoms with Crippen LogP contribution in [0.4, 0.5) is 0 Å². The number of guanidine groups is 1. The van der Waals surface area contributed by atoms with E-state index >= 15 is 0 Å². The third kappa shape index (κ3) is 6.72. The van der Waals surface area contributed by atoms with Gasteiger partial charge in [-0.3, -0.25) is 14.7 Å². The predicted molar refractivity (Wildman–Crippen MR) is 107 cm³/mol. The fourth-order valence-corrected chi connectivity index (χ4v) is 3.01. The van der Waals surface area contributed by atoms with Crippen LogP contribution in [-0.2, 0) is 9.53 Å². The number of carbonyl (C=O) groups is 1. The summed E-state index contributed by atoms with van der Waals surface area (Å²) in [6.07, 6.45) is 3.38. The summed E-state index contributed by atoms with van der Waals surface area (Å²) in [6, 6.07) is 0.157. The van der Waals surface area contributed by atoms with Gasteiger partial charge in [-0.2, -0.15) is 0 Å². The monoisotopic (exact) mass is 453 g/mol. The van der Waals surface area contributed by atoms with Crippen LogP contribution in [0, 0.1) is 5.92 Å². The normalized spacial score (nSPS) is 20.9. The number of piperazine rings is 1. The van der Waals surface area contributed by atoms with Crippen molar-refractivity contribution >= 4 is 35.8 Å². The fourth-order valence-electron chi connectivity index (χ4n) is 3.01. The van der Waals surface area contributed by atoms with E-state index in [1.54, 1.807) is 7.11 Å². The molecule has 1 atom stereocenters. The molecule has 1 amide bonds. The van der Waals surface area contributed by atoms with Crippen LogP contribution in [0.3, 0.4) is 0 Å². The van der Waals surface area contributed by atoms with E-state index < -0.39 is 0 Å². The summed E-state index contributed by atoms with van der Waals surface area (Å²) in [5.41, 5.74) is 5.85. The molecule has 0 aromatic carbocycles. The van der Waals surface area contributed by atoms with E-state index in [2.05, 4.69) is 15.2 Å². The van der Waals surface area contributed by atoms with Crippen LogP contribution < -0.4 is 11.1 Å². The Bertz CT molecular complexity index is 409. The number of halogens is 1. The highest BCUT2D eigenvalue weighted by molar-refractivity contribution is 14.0. The third-order valence-electron chi connectivity index (χ3n) is 4.65. The van der Waals surface area contributed by atoms with Gasteiger partial charge in [0.2, 0.25) is 5.91 Å². The molecule has 1 heterocycles. The predicted octanol–water partition coefficient (Wildman–Crippen LogP) is 0.488. The molecule has 0 aromatic heterocycles. The largest absolute Gasteiger partial charge is 0.383 e. The Balaban J connectivity index is 0.00000288. The van der Waals surface area contributed by atoms with Gasteiger partial charge in [0.1, 0.15) is 0 Å². The lowest BCUT2D eigenvalue weighted by Gasteiger charge is -2.38. The van der Waals surface area contributed by atoms with Crippen LogP contribution in [0.25, 0.3) is 0 Å². The number of carbonyl (C=O) groups excluding carboxylic acids is 1. The number of ether oxygens (including phenoxy) is 1. The molecule has 2 fully saturated rings. The second kappa shape index (κ2) is 11.1. The second-order valence-electron chi connectivity index (χ2n) is 6.56. The molecule has 0 radical (unpaired) electrons. The Hall–Kier alpha value is -0.610. The molecule has 3 N–H and O–H groups in total. The lowest BCUT2D eigenvalue weighted by molar-refractivity contribution is -0.139. The van der Waals surface area contributed by atoms with E-state index in [0.29, 0.717) is 30.9 Å². The van der Waals surface area contributed by atoms with E-state index in [9.17, 15) is 4.79 Å². The number of nitrogens with one attached hydrogen (secondary N) is 1. The van der Waals surface area contributed by atoms with Crippen LogP contribution >= 0.6 is 24.0 Å². The van der Waals surface area contributed by atoms with Crippen molar-refractivity contribution in [3.63, 3.8) is 0 Å². The average molecular weight is 453 g/mol. The van der Waals surface area contributed by atoms with Crippen LogP contribution in [0.5, 0.6) is 0 Å². The molecule has 2 aliphatic rings. The lowest BCUT2D eigenvalue weighted by atomic mass is 9.84. The molecule has 8 heteroatoms. The number of hydrogen-bond acceptors (Lipinski definition) is 4. The molecule has 0 spiro atoms. The average Bonchev–Trinajstić information content (AvgIpc) is 2.46. The number of rotatable bonds is 7. The number of methoxy groups -OCH3 is 1. The summed E-state index contributed by atoms with van der Waals surface area (Å²) >= 11 is 0. The van der Waals surface area contributed by atoms with Gasteiger partial charge in [0.05, 0.1) is 13.2 Å². The Kier molecular flexibility index (Phi) is 9.91. The zero-order valence-electron chi connectivity index (χ0n) is 14.9. The van der Waals surface area contributed by atoms with Crippen LogP contribution in [0.1, 0.15) is 26.2 Å². The van der Waals surface area contributed by atoms with Crippen LogP contribution in [-0.4, -0.2) is 80.7 Å². The van der Waals surface area contributed by atoms with E-state index in [4.69, 9.17) is 10.5 Å². The Morgan fingerprint density at radius 1 is 1.33 bits per heavy atom. The summed E-state index contributed by atoms with van der Waals surface area (Å²) in [5, 5.41) is 3.10. The first-order chi connectivity index (χ1) is 11.1. The van der Waals surface area contributed by atoms with Crippen molar-refractivity contribution in [2.24, 2.45) is 16.6 Å². The van der Waals surface area contributed by atoms with Gasteiger partial charge in [0, 0.05) is 51.8 Å². The van der Waals surface area contributed by atoms with Crippen LogP contribution in [0.2, 0.25) is 0 Å². The molecule has 0 bridgehead atoms. The van der Waals surface area contributed by atoms with E-state index in [1.807, 2.05) is 11.8 Å². The first-order valence-corrected chi connectivity index (χ1v) is 8.66. The van der Waals surface area contributed by atoms with Gasteiger partial charge in [-0.1, -0.05) is 6.42 Å². The number of nitrogens with two attached hydrogens (primary N) is 1. The molecular weight excluding hydrogens is 421 g/mol. The highest BCUT2D eigenvalue weighted by atomic mass is 127. The molecule has 1 aliphatic carbocycles. The maximum absolute atomic E-state index is 12.2. The van der Waals surface area contributed by atoms with Gasteiger partial charge in [-0.05, 0) is 19.8 Å². The maximum Gasteiger partial charge on any atom is 0.225 e. The Morgan fingerprint density at radius 3 is 2.54 bits per heavy atom. The summed E-state index contributed by atoms with van der Waals surface area (Å²) < 4.78 is 5.05. The number of nitrogens with zero attached hydrogens (tertiary/aromatic N) is 3. The van der Waals surface area contributed by atoms with Gasteiger partial charge in [0.25, 0.3) is 0 Å². The standard InChI is InChI=1S/C16H31N5O2.HI/c1-13(12-23-2)19-16(17)18-6-7-20-8-10-21(11-9-20)15(22)14-4-3-5-14;/h13-14H,3-12H2,1-2H3,(H3,17,18,19);1H. The van der Waals surface area contributed by atoms with Gasteiger partial charge in [-0.25, -0.2) is 0 Å². The topological polar surface area (TPSA) is 83.2 Å². The molecule has 24 heavy (non-hydrogen) atoms. The van der Waals surface area contributed by atoms with Crippen molar-refractivity contribution < 1.29 is 9.53 Å². The Morgan fingerprint density at radius 2 is 2.00 bits per heavy atom. The molecule has 1 saturated heterocycles. The molecule has 0 aromatic rings. The lowest BCUT2D eigenvalue weighted by Crippen LogP contribution is -2.51. The molecular formula is C16H32IN5O2. The van der Waals surface area contributed by atoms with Crippen molar-refractivity contribution in [3.8, 4) is 0 Å². The third-order valence-corrected chi connectivity index (χ3v) is 4.65. The molecule has 1 unspecified atom stereocenters. The maximum atomic E-state index is 12.2. The zero-order valence-corrected chi connectivity index (χ0v) is 17.2. The Labute approximate surface area is 162 Å². The SMILES string of the molecule is COCC(C)NC(N)=NCCN1CCN(C(=O)C2CCC2)CC1.I. The minimum atomic E-state index is 0. The quantitative estimate of drug-likeness (QED) is 0.333. The molecule has 140 valence electrons. The van der Waals surface area contributed by atoms with Gasteiger partial charge < -0.3 is 20.7 Å². The van der Waals surface area contributed by atoms with E-state index in [-0.39, 0.29) is 30.0 Å². The highest BCUT2D eigenvalue weighted by Crippen LogP contribution is 2.28. The van der Waals surface area contributed by atoms with Gasteiger partial charge >= 0.3 is 0 Å². The first-order valence-electron chi connectivity index (χ1n) is 8.66. The van der Waals surface area contributed by atoms with Crippen molar-refractivity contribution in [2.45, 2.75) is 32.2 Å². The highest BCUT2D eigenvalue weighted by Gasteiger charge is 2.30. The number of amides is 1. The summed E-state index contributed by atoms with van der Waals surface area (Å²) in [4.78, 5) is 20.9. The van der Waals surface area contributed by atoms with Gasteiger partial charge in [-0.15, -0.1) is 24.0 Å². The van der Waals surface area contributed by atoms with Gasteiger partial charge in [0.15, 0.2) is 5.96 Å². The van der Waals surface area contributed by atoms with E-state index in [0.717, 1.165) is 45.6 Å². The minimum absolute atomic E-state index is 0. The summed E-state index contributed by atoms with van der Waals surface area (Å²) in [6.45, 7) is 7.72. The van der Waals surface area contributed by atoms with E-state index in [1.165, 1.54) is 6.42 Å². The smallest absolute Gasteiger partial charge is 0.225 e. The molecule has 7 nitrogen and oxygen atoms in total. The summed E-state index contributed by atoms with van der Waals surface area (Å²) in [7, 11) is 1.67. The van der Waals surface area contributed by atoms with Crippen molar-refractivity contribution in [1.29, 1.82) is 0 Å². The van der Waals surface area contributed by atoms with Crippen molar-refractivity contribution in [3.05, 3.63) is 0 Å². The van der Waals surface area contributed by atoms with Crippen molar-refractivity contribution in [2.75, 3.05) is 53.0 Å². The van der Waals surface area contributed by atoms with Crippen molar-refractivity contribution in [1.82, 2.24) is 15.1 Å². The van der Waals surface area contributed by atoms with Crippen LogP contribution in [0.15, 0.2) is 4.99 Å². The zero-order chi connectivity index (χ0) is 16.7.